The number of hydrogen-bond acceptors (Lipinski definition) is 5. The number of pyridine rings is 1. The van der Waals surface area contributed by atoms with Crippen molar-refractivity contribution in [3.8, 4) is 16.2 Å². The Hall–Kier alpha value is -2.12. The summed E-state index contributed by atoms with van der Waals surface area (Å²) in [5, 5.41) is 17.6. The largest absolute Gasteiger partial charge is 0.491 e. The monoisotopic (exact) mass is 317 g/mol. The third kappa shape index (κ3) is 1.89. The zero-order valence-electron chi connectivity index (χ0n) is 12.0. The highest BCUT2D eigenvalue weighted by Crippen LogP contribution is 2.46. The van der Waals surface area contributed by atoms with Crippen LogP contribution in [0.5, 0.6) is 5.75 Å². The van der Waals surface area contributed by atoms with Gasteiger partial charge >= 0.3 is 0 Å². The van der Waals surface area contributed by atoms with Gasteiger partial charge in [0.05, 0.1) is 29.5 Å². The summed E-state index contributed by atoms with van der Waals surface area (Å²) in [6.45, 7) is 2.27. The maximum absolute atomic E-state index is 12.4. The first-order valence-electron chi connectivity index (χ1n) is 7.18. The molecular weight excluding hydrogens is 302 g/mol. The van der Waals surface area contributed by atoms with E-state index in [0.29, 0.717) is 17.0 Å². The molecule has 0 fully saturated rings. The number of thiophene rings is 1. The van der Waals surface area contributed by atoms with Crippen molar-refractivity contribution in [3.05, 3.63) is 34.0 Å². The highest BCUT2D eigenvalue weighted by Gasteiger charge is 2.26. The maximum atomic E-state index is 12.4. The number of aromatic nitrogens is 3. The van der Waals surface area contributed by atoms with Crippen LogP contribution in [0.3, 0.4) is 0 Å². The lowest BCUT2D eigenvalue weighted by molar-refractivity contribution is 0.193. The molecule has 0 saturated heterocycles. The van der Waals surface area contributed by atoms with Crippen molar-refractivity contribution < 1.29 is 9.84 Å². The Labute approximate surface area is 129 Å². The second-order valence-corrected chi connectivity index (χ2v) is 6.45. The van der Waals surface area contributed by atoms with E-state index in [-0.39, 0.29) is 5.56 Å². The van der Waals surface area contributed by atoms with Crippen LogP contribution in [0.2, 0.25) is 0 Å². The lowest BCUT2D eigenvalue weighted by Crippen LogP contribution is -2.13. The van der Waals surface area contributed by atoms with E-state index >= 15 is 0 Å². The Morgan fingerprint density at radius 1 is 1.50 bits per heavy atom. The molecule has 3 aromatic heterocycles. The number of aromatic amines is 2. The Morgan fingerprint density at radius 3 is 3.09 bits per heavy atom. The van der Waals surface area contributed by atoms with Crippen LogP contribution in [0.15, 0.2) is 17.2 Å². The third-order valence-corrected chi connectivity index (χ3v) is 5.16. The number of ether oxygens (including phenoxy) is 1. The van der Waals surface area contributed by atoms with Crippen LogP contribution in [0, 0.1) is 0 Å². The van der Waals surface area contributed by atoms with E-state index in [1.54, 1.807) is 19.3 Å². The third-order valence-electron chi connectivity index (χ3n) is 3.94. The Balaban J connectivity index is 2.13. The molecule has 0 bridgehead atoms. The molecule has 22 heavy (non-hydrogen) atoms. The number of rotatable bonds is 2. The van der Waals surface area contributed by atoms with E-state index in [4.69, 9.17) is 4.74 Å². The molecule has 0 unspecified atom stereocenters. The van der Waals surface area contributed by atoms with Gasteiger partial charge in [0.15, 0.2) is 0 Å². The molecule has 4 heterocycles. The van der Waals surface area contributed by atoms with Gasteiger partial charge in [-0.3, -0.25) is 9.89 Å². The molecule has 7 heteroatoms. The van der Waals surface area contributed by atoms with E-state index in [0.717, 1.165) is 40.0 Å². The van der Waals surface area contributed by atoms with Gasteiger partial charge in [-0.05, 0) is 25.3 Å². The zero-order valence-corrected chi connectivity index (χ0v) is 12.8. The van der Waals surface area contributed by atoms with Crippen LogP contribution in [-0.4, -0.2) is 26.9 Å². The number of aryl methyl sites for hydroxylation is 1. The SMILES string of the molecule is C[C@@H](O)c1[nH]c(=O)c2sc(-c3cn[nH]c3)c3c2c1CCCO3. The molecule has 1 atom stereocenters. The first-order chi connectivity index (χ1) is 10.7. The van der Waals surface area contributed by atoms with Crippen molar-refractivity contribution in [2.45, 2.75) is 25.9 Å². The first kappa shape index (κ1) is 13.5. The standard InChI is InChI=1S/C15H15N3O3S/c1-7(19)11-9-3-2-4-21-12-10(9)14(15(20)18-11)22-13(12)8-5-16-17-6-8/h5-7,19H,2-4H2,1H3,(H,16,17)(H,18,20)/t7-/m1/s1. The van der Waals surface area contributed by atoms with Crippen molar-refractivity contribution in [1.82, 2.24) is 15.2 Å². The normalized spacial score (nSPS) is 15.5. The molecule has 0 radical (unpaired) electrons. The quantitative estimate of drug-likeness (QED) is 0.676. The van der Waals surface area contributed by atoms with Gasteiger partial charge in [-0.15, -0.1) is 11.3 Å². The minimum atomic E-state index is -0.713. The summed E-state index contributed by atoms with van der Waals surface area (Å²) in [6, 6.07) is 0. The lowest BCUT2D eigenvalue weighted by Gasteiger charge is -2.11. The van der Waals surface area contributed by atoms with E-state index < -0.39 is 6.10 Å². The van der Waals surface area contributed by atoms with Gasteiger partial charge in [-0.1, -0.05) is 0 Å². The second-order valence-electron chi connectivity index (χ2n) is 5.43. The predicted octanol–water partition coefficient (Wildman–Crippen LogP) is 2.36. The van der Waals surface area contributed by atoms with E-state index in [1.807, 2.05) is 0 Å². The minimum absolute atomic E-state index is 0.179. The first-order valence-corrected chi connectivity index (χ1v) is 8.00. The van der Waals surface area contributed by atoms with Crippen LogP contribution in [0.4, 0.5) is 0 Å². The van der Waals surface area contributed by atoms with Crippen molar-refractivity contribution in [1.29, 1.82) is 0 Å². The number of aliphatic hydroxyl groups excluding tert-OH is 1. The van der Waals surface area contributed by atoms with Crippen LogP contribution < -0.4 is 10.3 Å². The fourth-order valence-corrected chi connectivity index (χ4v) is 4.13. The Bertz CT molecular complexity index is 893. The highest BCUT2D eigenvalue weighted by atomic mass is 32.1. The molecule has 114 valence electrons. The average Bonchev–Trinajstić information content (AvgIpc) is 3.07. The molecule has 1 aliphatic heterocycles. The molecule has 0 aromatic carbocycles. The zero-order chi connectivity index (χ0) is 15.3. The predicted molar refractivity (Wildman–Crippen MR) is 84.5 cm³/mol. The van der Waals surface area contributed by atoms with Crippen molar-refractivity contribution in [3.63, 3.8) is 0 Å². The van der Waals surface area contributed by atoms with Gasteiger partial charge in [0, 0.05) is 17.1 Å². The molecule has 4 rings (SSSR count). The maximum Gasteiger partial charge on any atom is 0.266 e. The van der Waals surface area contributed by atoms with E-state index in [1.165, 1.54) is 11.3 Å². The van der Waals surface area contributed by atoms with Gasteiger partial charge in [0.2, 0.25) is 0 Å². The summed E-state index contributed by atoms with van der Waals surface area (Å²) < 4.78 is 6.59. The lowest BCUT2D eigenvalue weighted by atomic mass is 10.0. The molecule has 0 spiro atoms. The molecule has 1 aliphatic rings. The summed E-state index contributed by atoms with van der Waals surface area (Å²) in [6.07, 6.45) is 4.43. The Kier molecular flexibility index (Phi) is 3.05. The fourth-order valence-electron chi connectivity index (χ4n) is 2.98. The van der Waals surface area contributed by atoms with Gasteiger partial charge in [0.25, 0.3) is 5.56 Å². The van der Waals surface area contributed by atoms with Crippen LogP contribution >= 0.6 is 11.3 Å². The Morgan fingerprint density at radius 2 is 2.36 bits per heavy atom. The van der Waals surface area contributed by atoms with Gasteiger partial charge < -0.3 is 14.8 Å². The van der Waals surface area contributed by atoms with Gasteiger partial charge in [-0.25, -0.2) is 0 Å². The summed E-state index contributed by atoms with van der Waals surface area (Å²) in [5.41, 5.74) is 2.31. The second kappa shape index (κ2) is 4.96. The number of nitrogens with zero attached hydrogens (tertiary/aromatic N) is 1. The molecular formula is C15H15N3O3S. The topological polar surface area (TPSA) is 91.0 Å². The number of hydrogen-bond donors (Lipinski definition) is 3. The van der Waals surface area contributed by atoms with Crippen molar-refractivity contribution >= 4 is 21.4 Å². The van der Waals surface area contributed by atoms with Gasteiger partial charge in [0.1, 0.15) is 10.4 Å². The number of H-pyrrole nitrogens is 2. The molecule has 0 amide bonds. The minimum Gasteiger partial charge on any atom is -0.491 e. The highest BCUT2D eigenvalue weighted by molar-refractivity contribution is 7.22. The van der Waals surface area contributed by atoms with E-state index in [9.17, 15) is 9.90 Å². The van der Waals surface area contributed by atoms with Crippen molar-refractivity contribution in [2.24, 2.45) is 0 Å². The average molecular weight is 317 g/mol. The number of aliphatic hydroxyl groups is 1. The van der Waals surface area contributed by atoms with Crippen molar-refractivity contribution in [2.75, 3.05) is 6.61 Å². The van der Waals surface area contributed by atoms with E-state index in [2.05, 4.69) is 15.2 Å². The molecule has 6 nitrogen and oxygen atoms in total. The van der Waals surface area contributed by atoms with Crippen LogP contribution in [-0.2, 0) is 6.42 Å². The fraction of sp³-hybridized carbons (Fsp3) is 0.333. The smallest absolute Gasteiger partial charge is 0.266 e. The molecule has 0 aliphatic carbocycles. The van der Waals surface area contributed by atoms with Crippen LogP contribution in [0.1, 0.15) is 30.7 Å². The van der Waals surface area contributed by atoms with Crippen LogP contribution in [0.25, 0.3) is 20.5 Å². The molecule has 3 aromatic rings. The van der Waals surface area contributed by atoms with Gasteiger partial charge in [-0.2, -0.15) is 5.10 Å². The molecule has 3 N–H and O–H groups in total. The number of nitrogens with one attached hydrogen (secondary N) is 2. The summed E-state index contributed by atoms with van der Waals surface area (Å²) in [4.78, 5) is 16.2. The summed E-state index contributed by atoms with van der Waals surface area (Å²) in [5.74, 6) is 0.738. The summed E-state index contributed by atoms with van der Waals surface area (Å²) in [7, 11) is 0. The summed E-state index contributed by atoms with van der Waals surface area (Å²) >= 11 is 1.41. The molecule has 0 saturated carbocycles.